The Morgan fingerprint density at radius 1 is 1.22 bits per heavy atom. The van der Waals surface area contributed by atoms with E-state index in [4.69, 9.17) is 0 Å². The van der Waals surface area contributed by atoms with Gasteiger partial charge in [0, 0.05) is 30.4 Å². The molecular weight excluding hydrogens is 220 g/mol. The van der Waals surface area contributed by atoms with Crippen molar-refractivity contribution in [1.82, 2.24) is 5.32 Å². The van der Waals surface area contributed by atoms with Crippen molar-refractivity contribution in [2.24, 2.45) is 0 Å². The van der Waals surface area contributed by atoms with Crippen LogP contribution in [0.1, 0.15) is 38.3 Å². The third-order valence-corrected chi connectivity index (χ3v) is 3.83. The molecule has 2 nitrogen and oxygen atoms in total. The Labute approximate surface area is 111 Å². The van der Waals surface area contributed by atoms with Crippen LogP contribution in [0.2, 0.25) is 0 Å². The Bertz CT molecular complexity index is 403. The van der Waals surface area contributed by atoms with Gasteiger partial charge in [0.15, 0.2) is 0 Å². The zero-order valence-electron chi connectivity index (χ0n) is 12.4. The Morgan fingerprint density at radius 2 is 1.83 bits per heavy atom. The Balaban J connectivity index is 2.32. The van der Waals surface area contributed by atoms with E-state index in [-0.39, 0.29) is 5.54 Å². The first-order valence-electron chi connectivity index (χ1n) is 7.01. The largest absolute Gasteiger partial charge is 0.365 e. The molecule has 1 fully saturated rings. The second-order valence-electron chi connectivity index (χ2n) is 6.30. The summed E-state index contributed by atoms with van der Waals surface area (Å²) in [6.07, 6.45) is 1.19. The van der Waals surface area contributed by atoms with Crippen molar-refractivity contribution in [3.05, 3.63) is 29.3 Å². The summed E-state index contributed by atoms with van der Waals surface area (Å²) in [4.78, 5) is 2.58. The van der Waals surface area contributed by atoms with Gasteiger partial charge in [-0.25, -0.2) is 0 Å². The zero-order valence-corrected chi connectivity index (χ0v) is 12.4. The van der Waals surface area contributed by atoms with Gasteiger partial charge in [-0.15, -0.1) is 0 Å². The molecule has 2 heteroatoms. The lowest BCUT2D eigenvalue weighted by Crippen LogP contribution is -2.61. The topological polar surface area (TPSA) is 15.3 Å². The van der Waals surface area contributed by atoms with E-state index in [1.807, 2.05) is 0 Å². The van der Waals surface area contributed by atoms with Gasteiger partial charge < -0.3 is 10.2 Å². The molecule has 0 radical (unpaired) electrons. The minimum atomic E-state index is 0.198. The van der Waals surface area contributed by atoms with E-state index < -0.39 is 0 Å². The zero-order chi connectivity index (χ0) is 13.3. The van der Waals surface area contributed by atoms with Crippen LogP contribution in [0.4, 0.5) is 5.69 Å². The number of hydrogen-bond donors (Lipinski definition) is 1. The minimum absolute atomic E-state index is 0.198. The molecule has 1 aliphatic heterocycles. The third kappa shape index (κ3) is 2.86. The SMILES string of the molecule is CCC1CNC(C)(C)CN1c1cc(C)cc(C)c1. The summed E-state index contributed by atoms with van der Waals surface area (Å²) in [7, 11) is 0. The highest BCUT2D eigenvalue weighted by atomic mass is 15.3. The molecular formula is C16H26N2. The van der Waals surface area contributed by atoms with Crippen molar-refractivity contribution in [2.45, 2.75) is 52.6 Å². The van der Waals surface area contributed by atoms with Gasteiger partial charge in [0.25, 0.3) is 0 Å². The van der Waals surface area contributed by atoms with E-state index >= 15 is 0 Å². The van der Waals surface area contributed by atoms with Gasteiger partial charge >= 0.3 is 0 Å². The van der Waals surface area contributed by atoms with Crippen LogP contribution in [0.25, 0.3) is 0 Å². The molecule has 1 heterocycles. The molecule has 1 aromatic carbocycles. The van der Waals surface area contributed by atoms with Crippen LogP contribution in [0.3, 0.4) is 0 Å². The summed E-state index contributed by atoms with van der Waals surface area (Å²) in [6.45, 7) is 13.4. The molecule has 2 rings (SSSR count). The van der Waals surface area contributed by atoms with Gasteiger partial charge in [-0.2, -0.15) is 0 Å². The number of hydrogen-bond acceptors (Lipinski definition) is 2. The number of anilines is 1. The summed E-state index contributed by atoms with van der Waals surface area (Å²) in [5.41, 5.74) is 4.30. The van der Waals surface area contributed by atoms with Crippen LogP contribution in [0.5, 0.6) is 0 Å². The second kappa shape index (κ2) is 4.93. The van der Waals surface area contributed by atoms with Crippen LogP contribution in [0, 0.1) is 13.8 Å². The van der Waals surface area contributed by atoms with E-state index in [1.54, 1.807) is 0 Å². The summed E-state index contributed by atoms with van der Waals surface area (Å²) in [5, 5.41) is 3.65. The Hall–Kier alpha value is -1.02. The molecule has 100 valence electrons. The van der Waals surface area contributed by atoms with Gasteiger partial charge in [0.2, 0.25) is 0 Å². The average Bonchev–Trinajstić information content (AvgIpc) is 2.26. The molecule has 1 aromatic rings. The molecule has 18 heavy (non-hydrogen) atoms. The fourth-order valence-corrected chi connectivity index (χ4v) is 2.90. The summed E-state index contributed by atoms with van der Waals surface area (Å²) >= 11 is 0. The van der Waals surface area contributed by atoms with Crippen molar-refractivity contribution in [3.63, 3.8) is 0 Å². The number of piperazine rings is 1. The number of aryl methyl sites for hydroxylation is 2. The van der Waals surface area contributed by atoms with Crippen molar-refractivity contribution in [1.29, 1.82) is 0 Å². The maximum Gasteiger partial charge on any atom is 0.0412 e. The van der Waals surface area contributed by atoms with Gasteiger partial charge in [-0.3, -0.25) is 0 Å². The maximum atomic E-state index is 3.65. The molecule has 0 spiro atoms. The molecule has 0 amide bonds. The molecule has 0 aliphatic carbocycles. The Kier molecular flexibility index (Phi) is 3.67. The number of nitrogens with one attached hydrogen (secondary N) is 1. The van der Waals surface area contributed by atoms with E-state index in [1.165, 1.54) is 23.2 Å². The summed E-state index contributed by atoms with van der Waals surface area (Å²) in [6, 6.07) is 7.49. The van der Waals surface area contributed by atoms with Crippen LogP contribution in [0.15, 0.2) is 18.2 Å². The average molecular weight is 246 g/mol. The van der Waals surface area contributed by atoms with Crippen LogP contribution in [-0.2, 0) is 0 Å². The van der Waals surface area contributed by atoms with E-state index in [0.29, 0.717) is 6.04 Å². The normalized spacial score (nSPS) is 23.2. The van der Waals surface area contributed by atoms with E-state index in [2.05, 4.69) is 63.0 Å². The maximum absolute atomic E-state index is 3.65. The number of nitrogens with zero attached hydrogens (tertiary/aromatic N) is 1. The Morgan fingerprint density at radius 3 is 2.39 bits per heavy atom. The molecule has 0 saturated carbocycles. The van der Waals surface area contributed by atoms with Crippen molar-refractivity contribution >= 4 is 5.69 Å². The van der Waals surface area contributed by atoms with Crippen LogP contribution < -0.4 is 10.2 Å². The van der Waals surface area contributed by atoms with Crippen LogP contribution >= 0.6 is 0 Å². The van der Waals surface area contributed by atoms with Crippen molar-refractivity contribution < 1.29 is 0 Å². The van der Waals surface area contributed by atoms with E-state index in [0.717, 1.165) is 13.1 Å². The second-order valence-corrected chi connectivity index (χ2v) is 6.30. The summed E-state index contributed by atoms with van der Waals surface area (Å²) in [5.74, 6) is 0. The predicted octanol–water partition coefficient (Wildman–Crippen LogP) is 3.27. The summed E-state index contributed by atoms with van der Waals surface area (Å²) < 4.78 is 0. The third-order valence-electron chi connectivity index (χ3n) is 3.83. The molecule has 1 unspecified atom stereocenters. The minimum Gasteiger partial charge on any atom is -0.365 e. The van der Waals surface area contributed by atoms with Gasteiger partial charge in [0.05, 0.1) is 0 Å². The molecule has 0 aromatic heterocycles. The first kappa shape index (κ1) is 13.4. The lowest BCUT2D eigenvalue weighted by molar-refractivity contribution is 0.306. The van der Waals surface area contributed by atoms with Crippen molar-refractivity contribution in [2.75, 3.05) is 18.0 Å². The van der Waals surface area contributed by atoms with Crippen molar-refractivity contribution in [3.8, 4) is 0 Å². The van der Waals surface area contributed by atoms with Gasteiger partial charge in [-0.1, -0.05) is 13.0 Å². The molecule has 1 N–H and O–H groups in total. The molecule has 1 aliphatic rings. The lowest BCUT2D eigenvalue weighted by atomic mass is 9.96. The predicted molar refractivity (Wildman–Crippen MR) is 79.4 cm³/mol. The highest BCUT2D eigenvalue weighted by Crippen LogP contribution is 2.26. The molecule has 0 bridgehead atoms. The molecule has 1 atom stereocenters. The first-order valence-corrected chi connectivity index (χ1v) is 7.01. The van der Waals surface area contributed by atoms with Gasteiger partial charge in [-0.05, 0) is 57.4 Å². The van der Waals surface area contributed by atoms with Gasteiger partial charge in [0.1, 0.15) is 0 Å². The number of benzene rings is 1. The molecule has 1 saturated heterocycles. The number of rotatable bonds is 2. The lowest BCUT2D eigenvalue weighted by Gasteiger charge is -2.46. The van der Waals surface area contributed by atoms with Crippen LogP contribution in [-0.4, -0.2) is 24.7 Å². The fraction of sp³-hybridized carbons (Fsp3) is 0.625. The highest BCUT2D eigenvalue weighted by molar-refractivity contribution is 5.52. The smallest absolute Gasteiger partial charge is 0.0412 e. The van der Waals surface area contributed by atoms with E-state index in [9.17, 15) is 0 Å². The first-order chi connectivity index (χ1) is 8.41. The standard InChI is InChI=1S/C16H26N2/c1-6-14-10-17-16(4,5)11-18(14)15-8-12(2)7-13(3)9-15/h7-9,14,17H,6,10-11H2,1-5H3. The monoisotopic (exact) mass is 246 g/mol. The quantitative estimate of drug-likeness (QED) is 0.861. The highest BCUT2D eigenvalue weighted by Gasteiger charge is 2.31. The fourth-order valence-electron chi connectivity index (χ4n) is 2.90.